The maximum atomic E-state index is 5.55. The second-order valence-corrected chi connectivity index (χ2v) is 4.80. The van der Waals surface area contributed by atoms with Gasteiger partial charge in [0.25, 0.3) is 0 Å². The van der Waals surface area contributed by atoms with Gasteiger partial charge in [-0.05, 0) is 25.8 Å². The summed E-state index contributed by atoms with van der Waals surface area (Å²) in [4.78, 5) is 0. The Kier molecular flexibility index (Phi) is 5.05. The smallest absolute Gasteiger partial charge is 0.127 e. The summed E-state index contributed by atoms with van der Waals surface area (Å²) in [6, 6.07) is 6.48. The highest BCUT2D eigenvalue weighted by molar-refractivity contribution is 5.40. The lowest BCUT2D eigenvalue weighted by Gasteiger charge is -2.35. The zero-order chi connectivity index (χ0) is 13.7. The normalized spacial score (nSPS) is 21.8. The molecule has 0 aliphatic heterocycles. The molecule has 1 aliphatic carbocycles. The van der Waals surface area contributed by atoms with E-state index in [1.165, 1.54) is 0 Å². The number of methoxy groups -OCH3 is 2. The van der Waals surface area contributed by atoms with Crippen molar-refractivity contribution in [2.24, 2.45) is 0 Å². The van der Waals surface area contributed by atoms with Gasteiger partial charge in [0.1, 0.15) is 11.5 Å². The van der Waals surface area contributed by atoms with Crippen molar-refractivity contribution >= 4 is 0 Å². The third kappa shape index (κ3) is 3.61. The van der Waals surface area contributed by atoms with Gasteiger partial charge in [0, 0.05) is 30.8 Å². The Bertz CT molecular complexity index is 402. The first-order valence-electron chi connectivity index (χ1n) is 6.82. The lowest BCUT2D eigenvalue weighted by atomic mass is 9.89. The molecule has 1 aliphatic rings. The lowest BCUT2D eigenvalue weighted by Crippen LogP contribution is -2.45. The number of nitrogens with one attached hydrogen (secondary N) is 1. The van der Waals surface area contributed by atoms with E-state index in [1.807, 2.05) is 25.1 Å². The molecule has 0 radical (unpaired) electrons. The van der Waals surface area contributed by atoms with E-state index in [-0.39, 0.29) is 0 Å². The number of ether oxygens (including phenoxy) is 3. The summed E-state index contributed by atoms with van der Waals surface area (Å²) in [6.45, 7) is 3.67. The van der Waals surface area contributed by atoms with Gasteiger partial charge in [0.15, 0.2) is 0 Å². The quantitative estimate of drug-likeness (QED) is 0.821. The molecule has 19 heavy (non-hydrogen) atoms. The molecule has 0 bridgehead atoms. The van der Waals surface area contributed by atoms with E-state index in [4.69, 9.17) is 14.2 Å². The molecule has 1 aromatic carbocycles. The van der Waals surface area contributed by atoms with Crippen LogP contribution in [0.25, 0.3) is 0 Å². The first kappa shape index (κ1) is 14.2. The zero-order valence-electron chi connectivity index (χ0n) is 11.9. The highest BCUT2D eigenvalue weighted by Gasteiger charge is 2.28. The van der Waals surface area contributed by atoms with Crippen molar-refractivity contribution in [1.29, 1.82) is 0 Å². The summed E-state index contributed by atoms with van der Waals surface area (Å²) in [6.07, 6.45) is 2.65. The van der Waals surface area contributed by atoms with E-state index in [0.717, 1.165) is 43.1 Å². The summed E-state index contributed by atoms with van der Waals surface area (Å²) in [5.74, 6) is 1.69. The molecule has 0 heterocycles. The minimum Gasteiger partial charge on any atom is -0.497 e. The van der Waals surface area contributed by atoms with E-state index in [2.05, 4.69) is 5.32 Å². The Morgan fingerprint density at radius 2 is 2.00 bits per heavy atom. The molecule has 4 nitrogen and oxygen atoms in total. The lowest BCUT2D eigenvalue weighted by molar-refractivity contribution is -0.0102. The topological polar surface area (TPSA) is 39.7 Å². The molecule has 1 saturated carbocycles. The third-order valence-electron chi connectivity index (χ3n) is 3.57. The van der Waals surface area contributed by atoms with Crippen LogP contribution in [-0.2, 0) is 11.3 Å². The van der Waals surface area contributed by atoms with E-state index in [9.17, 15) is 0 Å². The van der Waals surface area contributed by atoms with E-state index in [0.29, 0.717) is 12.1 Å². The van der Waals surface area contributed by atoms with Crippen molar-refractivity contribution in [3.05, 3.63) is 23.8 Å². The first-order valence-corrected chi connectivity index (χ1v) is 6.82. The fraction of sp³-hybridized carbons (Fsp3) is 0.600. The molecule has 1 fully saturated rings. The van der Waals surface area contributed by atoms with Gasteiger partial charge in [0.2, 0.25) is 0 Å². The minimum atomic E-state index is 0.445. The van der Waals surface area contributed by atoms with E-state index >= 15 is 0 Å². The minimum absolute atomic E-state index is 0.445. The summed E-state index contributed by atoms with van der Waals surface area (Å²) in [5, 5.41) is 3.54. The van der Waals surface area contributed by atoms with Crippen LogP contribution in [0.15, 0.2) is 18.2 Å². The maximum absolute atomic E-state index is 5.55. The maximum Gasteiger partial charge on any atom is 0.127 e. The molecule has 106 valence electrons. The molecule has 1 N–H and O–H groups in total. The van der Waals surface area contributed by atoms with Gasteiger partial charge in [0.05, 0.1) is 20.3 Å². The SMILES string of the molecule is CCOC1CC(NCc2ccc(OC)cc2OC)C1. The van der Waals surface area contributed by atoms with Crippen LogP contribution in [-0.4, -0.2) is 33.0 Å². The van der Waals surface area contributed by atoms with Crippen molar-refractivity contribution < 1.29 is 14.2 Å². The fourth-order valence-electron chi connectivity index (χ4n) is 2.36. The first-order chi connectivity index (χ1) is 9.26. The molecule has 0 atom stereocenters. The van der Waals surface area contributed by atoms with Crippen molar-refractivity contribution in [2.45, 2.75) is 38.5 Å². The third-order valence-corrected chi connectivity index (χ3v) is 3.57. The zero-order valence-corrected chi connectivity index (χ0v) is 11.9. The Hall–Kier alpha value is -1.26. The van der Waals surface area contributed by atoms with Crippen LogP contribution < -0.4 is 14.8 Å². The highest BCUT2D eigenvalue weighted by atomic mass is 16.5. The second-order valence-electron chi connectivity index (χ2n) is 4.80. The molecule has 2 rings (SSSR count). The summed E-state index contributed by atoms with van der Waals surface area (Å²) in [7, 11) is 3.35. The van der Waals surface area contributed by atoms with Gasteiger partial charge in [-0.3, -0.25) is 0 Å². The van der Waals surface area contributed by atoms with Crippen molar-refractivity contribution in [3.8, 4) is 11.5 Å². The van der Waals surface area contributed by atoms with Crippen molar-refractivity contribution in [1.82, 2.24) is 5.32 Å². The van der Waals surface area contributed by atoms with E-state index < -0.39 is 0 Å². The molecule has 0 saturated heterocycles. The Balaban J connectivity index is 1.83. The summed E-state index contributed by atoms with van der Waals surface area (Å²) < 4.78 is 16.1. The van der Waals surface area contributed by atoms with Gasteiger partial charge >= 0.3 is 0 Å². The Morgan fingerprint density at radius 1 is 1.21 bits per heavy atom. The van der Waals surface area contributed by atoms with Gasteiger partial charge in [-0.25, -0.2) is 0 Å². The molecule has 0 aromatic heterocycles. The number of hydrogen-bond acceptors (Lipinski definition) is 4. The second kappa shape index (κ2) is 6.78. The van der Waals surface area contributed by atoms with Gasteiger partial charge in [-0.1, -0.05) is 6.07 Å². The van der Waals surface area contributed by atoms with Gasteiger partial charge in [-0.15, -0.1) is 0 Å². The molecule has 0 unspecified atom stereocenters. The monoisotopic (exact) mass is 265 g/mol. The number of hydrogen-bond donors (Lipinski definition) is 1. The molecule has 0 spiro atoms. The number of rotatable bonds is 7. The molecule has 1 aromatic rings. The average molecular weight is 265 g/mol. The fourth-order valence-corrected chi connectivity index (χ4v) is 2.36. The van der Waals surface area contributed by atoms with Crippen LogP contribution in [0.4, 0.5) is 0 Å². The van der Waals surface area contributed by atoms with Crippen LogP contribution >= 0.6 is 0 Å². The standard InChI is InChI=1S/C15H23NO3/c1-4-19-14-7-12(8-14)16-10-11-5-6-13(17-2)9-15(11)18-3/h5-6,9,12,14,16H,4,7-8,10H2,1-3H3. The predicted molar refractivity (Wildman–Crippen MR) is 74.8 cm³/mol. The van der Waals surface area contributed by atoms with Crippen molar-refractivity contribution in [3.63, 3.8) is 0 Å². The Morgan fingerprint density at radius 3 is 2.63 bits per heavy atom. The van der Waals surface area contributed by atoms with Gasteiger partial charge in [-0.2, -0.15) is 0 Å². The van der Waals surface area contributed by atoms with Gasteiger partial charge < -0.3 is 19.5 Å². The van der Waals surface area contributed by atoms with Crippen LogP contribution in [0.5, 0.6) is 11.5 Å². The highest BCUT2D eigenvalue weighted by Crippen LogP contribution is 2.27. The van der Waals surface area contributed by atoms with Crippen LogP contribution in [0, 0.1) is 0 Å². The number of benzene rings is 1. The summed E-state index contributed by atoms with van der Waals surface area (Å²) >= 11 is 0. The average Bonchev–Trinajstić information content (AvgIpc) is 2.41. The molecule has 0 amide bonds. The largest absolute Gasteiger partial charge is 0.497 e. The predicted octanol–water partition coefficient (Wildman–Crippen LogP) is 2.36. The van der Waals surface area contributed by atoms with Crippen LogP contribution in [0.2, 0.25) is 0 Å². The van der Waals surface area contributed by atoms with Crippen LogP contribution in [0.3, 0.4) is 0 Å². The van der Waals surface area contributed by atoms with Crippen LogP contribution in [0.1, 0.15) is 25.3 Å². The Labute approximate surface area is 115 Å². The molecule has 4 heteroatoms. The molecular weight excluding hydrogens is 242 g/mol. The summed E-state index contributed by atoms with van der Waals surface area (Å²) in [5.41, 5.74) is 1.16. The van der Waals surface area contributed by atoms with Crippen molar-refractivity contribution in [2.75, 3.05) is 20.8 Å². The van der Waals surface area contributed by atoms with E-state index in [1.54, 1.807) is 14.2 Å². The molecular formula is C15H23NO3.